The van der Waals surface area contributed by atoms with Crippen molar-refractivity contribution in [1.29, 1.82) is 0 Å². The third-order valence-corrected chi connectivity index (χ3v) is 3.46. The highest BCUT2D eigenvalue weighted by molar-refractivity contribution is 7.80. The first-order valence-corrected chi connectivity index (χ1v) is 6.84. The molecule has 0 spiro atoms. The Kier molecular flexibility index (Phi) is 3.66. The van der Waals surface area contributed by atoms with Gasteiger partial charge < -0.3 is 9.64 Å². The van der Waals surface area contributed by atoms with Gasteiger partial charge in [-0.2, -0.15) is 5.01 Å². The summed E-state index contributed by atoms with van der Waals surface area (Å²) in [5.41, 5.74) is 1.82. The maximum Gasteiger partial charge on any atom is 0.427 e. The number of fused-ring (bicyclic) bond motifs is 1. The standard InChI is InChI=1S/C12H19N3O3S/c1-12(2,3)18-10(17)13-15-9(16)8-6-4-5-7-14(8)11(15)19/h8H,4-7H2,1-3H3,(H,13,17). The zero-order chi connectivity index (χ0) is 14.2. The van der Waals surface area contributed by atoms with Gasteiger partial charge in [0.05, 0.1) is 0 Å². The van der Waals surface area contributed by atoms with E-state index in [1.54, 1.807) is 20.8 Å². The molecule has 2 saturated heterocycles. The lowest BCUT2D eigenvalue weighted by atomic mass is 10.0. The Hall–Kier alpha value is -1.37. The lowest BCUT2D eigenvalue weighted by molar-refractivity contribution is -0.130. The maximum absolute atomic E-state index is 12.2. The van der Waals surface area contributed by atoms with Crippen LogP contribution in [0.1, 0.15) is 40.0 Å². The van der Waals surface area contributed by atoms with Crippen LogP contribution in [-0.2, 0) is 9.53 Å². The van der Waals surface area contributed by atoms with Crippen LogP contribution in [0, 0.1) is 0 Å². The lowest BCUT2D eigenvalue weighted by Gasteiger charge is -2.27. The van der Waals surface area contributed by atoms with Crippen molar-refractivity contribution in [1.82, 2.24) is 15.3 Å². The molecule has 19 heavy (non-hydrogen) atoms. The number of hydrogen-bond donors (Lipinski definition) is 1. The third kappa shape index (κ3) is 2.97. The molecule has 2 amide bonds. The Labute approximate surface area is 118 Å². The maximum atomic E-state index is 12.2. The molecule has 106 valence electrons. The number of hydrazine groups is 1. The van der Waals surface area contributed by atoms with Gasteiger partial charge in [0.1, 0.15) is 11.6 Å². The highest BCUT2D eigenvalue weighted by Crippen LogP contribution is 2.25. The number of thiocarbonyl (C=S) groups is 1. The third-order valence-electron chi connectivity index (χ3n) is 3.05. The first-order valence-electron chi connectivity index (χ1n) is 6.44. The monoisotopic (exact) mass is 285 g/mol. The van der Waals surface area contributed by atoms with E-state index in [1.807, 2.05) is 4.90 Å². The van der Waals surface area contributed by atoms with Crippen molar-refractivity contribution in [3.8, 4) is 0 Å². The first-order chi connectivity index (χ1) is 8.79. The van der Waals surface area contributed by atoms with E-state index in [0.717, 1.165) is 30.8 Å². The van der Waals surface area contributed by atoms with Gasteiger partial charge in [-0.3, -0.25) is 4.79 Å². The van der Waals surface area contributed by atoms with E-state index >= 15 is 0 Å². The van der Waals surface area contributed by atoms with Crippen LogP contribution in [0.3, 0.4) is 0 Å². The van der Waals surface area contributed by atoms with Crippen LogP contribution in [0.5, 0.6) is 0 Å². The van der Waals surface area contributed by atoms with Crippen molar-refractivity contribution in [2.75, 3.05) is 6.54 Å². The molecule has 2 rings (SSSR count). The molecule has 0 aromatic carbocycles. The second kappa shape index (κ2) is 4.96. The van der Waals surface area contributed by atoms with Crippen molar-refractivity contribution >= 4 is 29.3 Å². The van der Waals surface area contributed by atoms with E-state index in [9.17, 15) is 9.59 Å². The van der Waals surface area contributed by atoms with Crippen LogP contribution in [0.2, 0.25) is 0 Å². The minimum absolute atomic E-state index is 0.171. The van der Waals surface area contributed by atoms with Gasteiger partial charge in [-0.05, 0) is 52.3 Å². The molecular weight excluding hydrogens is 266 g/mol. The summed E-state index contributed by atoms with van der Waals surface area (Å²) in [5.74, 6) is -0.171. The molecule has 0 aromatic heterocycles. The fourth-order valence-electron chi connectivity index (χ4n) is 2.28. The number of ether oxygens (including phenoxy) is 1. The quantitative estimate of drug-likeness (QED) is 0.738. The molecule has 0 aromatic rings. The largest absolute Gasteiger partial charge is 0.443 e. The highest BCUT2D eigenvalue weighted by Gasteiger charge is 2.44. The normalized spacial score (nSPS) is 23.4. The molecule has 6 nitrogen and oxygen atoms in total. The summed E-state index contributed by atoms with van der Waals surface area (Å²) in [6.45, 7) is 6.06. The Balaban J connectivity index is 2.03. The second-order valence-electron chi connectivity index (χ2n) is 5.77. The Morgan fingerprint density at radius 3 is 2.68 bits per heavy atom. The average molecular weight is 285 g/mol. The van der Waals surface area contributed by atoms with Gasteiger partial charge in [0.15, 0.2) is 5.11 Å². The molecule has 1 atom stereocenters. The highest BCUT2D eigenvalue weighted by atomic mass is 32.1. The van der Waals surface area contributed by atoms with E-state index in [2.05, 4.69) is 5.43 Å². The molecule has 2 heterocycles. The lowest BCUT2D eigenvalue weighted by Crippen LogP contribution is -2.48. The van der Waals surface area contributed by atoms with Gasteiger partial charge in [0.2, 0.25) is 0 Å². The summed E-state index contributed by atoms with van der Waals surface area (Å²) >= 11 is 5.24. The average Bonchev–Trinajstić information content (AvgIpc) is 2.53. The number of nitrogens with zero attached hydrogens (tertiary/aromatic N) is 2. The van der Waals surface area contributed by atoms with E-state index < -0.39 is 11.7 Å². The molecule has 7 heteroatoms. The van der Waals surface area contributed by atoms with E-state index in [4.69, 9.17) is 17.0 Å². The molecule has 2 aliphatic heterocycles. The molecule has 2 aliphatic rings. The van der Waals surface area contributed by atoms with E-state index in [0.29, 0.717) is 5.11 Å². The van der Waals surface area contributed by atoms with Gasteiger partial charge in [-0.15, -0.1) is 0 Å². The molecule has 0 aliphatic carbocycles. The van der Waals surface area contributed by atoms with Crippen molar-refractivity contribution in [3.63, 3.8) is 0 Å². The summed E-state index contributed by atoms with van der Waals surface area (Å²) < 4.78 is 5.13. The smallest absolute Gasteiger partial charge is 0.427 e. The van der Waals surface area contributed by atoms with Crippen LogP contribution < -0.4 is 5.43 Å². The fourth-order valence-corrected chi connectivity index (χ4v) is 2.64. The fraction of sp³-hybridized carbons (Fsp3) is 0.750. The SMILES string of the molecule is CC(C)(C)OC(=O)NN1C(=O)C2CCCCN2C1=S. The predicted molar refractivity (Wildman–Crippen MR) is 73.2 cm³/mol. The van der Waals surface area contributed by atoms with Gasteiger partial charge in [0.25, 0.3) is 5.91 Å². The zero-order valence-electron chi connectivity index (χ0n) is 11.4. The van der Waals surface area contributed by atoms with E-state index in [-0.39, 0.29) is 11.9 Å². The number of piperidine rings is 1. The minimum atomic E-state index is -0.664. The Morgan fingerprint density at radius 2 is 2.11 bits per heavy atom. The van der Waals surface area contributed by atoms with Gasteiger partial charge >= 0.3 is 6.09 Å². The summed E-state index contributed by atoms with van der Waals surface area (Å²) in [6.07, 6.45) is 2.15. The van der Waals surface area contributed by atoms with Crippen LogP contribution >= 0.6 is 12.2 Å². The number of nitrogens with one attached hydrogen (secondary N) is 1. The van der Waals surface area contributed by atoms with Crippen LogP contribution in [0.25, 0.3) is 0 Å². The number of carbonyl (C=O) groups excluding carboxylic acids is 2. The molecule has 0 saturated carbocycles. The van der Waals surface area contributed by atoms with Crippen molar-refractivity contribution < 1.29 is 14.3 Å². The zero-order valence-corrected chi connectivity index (χ0v) is 12.2. The topological polar surface area (TPSA) is 61.9 Å². The summed E-state index contributed by atoms with van der Waals surface area (Å²) in [7, 11) is 0. The number of hydrogen-bond acceptors (Lipinski definition) is 4. The second-order valence-corrected chi connectivity index (χ2v) is 6.14. The summed E-state index contributed by atoms with van der Waals surface area (Å²) in [6, 6.07) is -0.226. The Morgan fingerprint density at radius 1 is 1.42 bits per heavy atom. The first kappa shape index (κ1) is 14.0. The van der Waals surface area contributed by atoms with Crippen molar-refractivity contribution in [3.05, 3.63) is 0 Å². The minimum Gasteiger partial charge on any atom is -0.443 e. The van der Waals surface area contributed by atoms with Crippen molar-refractivity contribution in [2.45, 2.75) is 51.7 Å². The van der Waals surface area contributed by atoms with Crippen LogP contribution in [-0.4, -0.2) is 45.2 Å². The van der Waals surface area contributed by atoms with Gasteiger partial charge in [0, 0.05) is 6.54 Å². The number of amides is 2. The molecule has 2 fully saturated rings. The van der Waals surface area contributed by atoms with Gasteiger partial charge in [-0.1, -0.05) is 0 Å². The van der Waals surface area contributed by atoms with Crippen LogP contribution in [0.4, 0.5) is 4.79 Å². The van der Waals surface area contributed by atoms with E-state index in [1.165, 1.54) is 0 Å². The predicted octanol–water partition coefficient (Wildman–Crippen LogP) is 1.41. The summed E-state index contributed by atoms with van der Waals surface area (Å²) in [4.78, 5) is 25.8. The van der Waals surface area contributed by atoms with Crippen molar-refractivity contribution in [2.24, 2.45) is 0 Å². The molecular formula is C12H19N3O3S. The summed E-state index contributed by atoms with van der Waals surface area (Å²) in [5, 5.41) is 1.50. The Bertz CT molecular complexity index is 395. The molecule has 1 N–H and O–H groups in total. The molecule has 0 bridgehead atoms. The number of carbonyl (C=O) groups is 2. The molecule has 1 unspecified atom stereocenters. The van der Waals surface area contributed by atoms with Crippen LogP contribution in [0.15, 0.2) is 0 Å². The van der Waals surface area contributed by atoms with Gasteiger partial charge in [-0.25, -0.2) is 10.2 Å². The molecule has 0 radical (unpaired) electrons. The number of rotatable bonds is 1.